The number of rotatable bonds is 3. The van der Waals surface area contributed by atoms with Crippen LogP contribution in [-0.2, 0) is 11.2 Å². The van der Waals surface area contributed by atoms with Gasteiger partial charge in [-0.15, -0.1) is 0 Å². The highest BCUT2D eigenvalue weighted by molar-refractivity contribution is 6.23. The summed E-state index contributed by atoms with van der Waals surface area (Å²) in [6.45, 7) is 1.53. The number of non-ortho nitro benzene ring substituents is 1. The largest absolute Gasteiger partial charge is 0.308 e. The Balaban J connectivity index is 1.61. The van der Waals surface area contributed by atoms with E-state index in [2.05, 4.69) is 0 Å². The van der Waals surface area contributed by atoms with Crippen molar-refractivity contribution in [3.63, 3.8) is 0 Å². The van der Waals surface area contributed by atoms with E-state index >= 15 is 0 Å². The van der Waals surface area contributed by atoms with Gasteiger partial charge in [-0.2, -0.15) is 0 Å². The van der Waals surface area contributed by atoms with Crippen molar-refractivity contribution in [3.8, 4) is 0 Å². The molecule has 0 aromatic heterocycles. The second-order valence-electron chi connectivity index (χ2n) is 6.96. The first-order chi connectivity index (χ1) is 13.4. The van der Waals surface area contributed by atoms with Gasteiger partial charge < -0.3 is 4.90 Å². The van der Waals surface area contributed by atoms with Gasteiger partial charge in [0, 0.05) is 23.9 Å². The van der Waals surface area contributed by atoms with Crippen molar-refractivity contribution in [2.45, 2.75) is 25.8 Å². The highest BCUT2D eigenvalue weighted by Gasteiger charge is 2.39. The molecule has 0 fully saturated rings. The van der Waals surface area contributed by atoms with E-state index in [1.54, 1.807) is 4.90 Å². The Morgan fingerprint density at radius 1 is 1.14 bits per heavy atom. The maximum absolute atomic E-state index is 13.0. The number of fused-ring (bicyclic) bond motifs is 2. The Morgan fingerprint density at radius 2 is 1.86 bits per heavy atom. The third kappa shape index (κ3) is 2.74. The van der Waals surface area contributed by atoms with Crippen molar-refractivity contribution in [1.82, 2.24) is 4.90 Å². The zero-order valence-corrected chi connectivity index (χ0v) is 15.1. The van der Waals surface area contributed by atoms with Crippen LogP contribution < -0.4 is 4.90 Å². The number of hydrogen-bond acceptors (Lipinski definition) is 5. The Labute approximate surface area is 160 Å². The molecule has 4 rings (SSSR count). The van der Waals surface area contributed by atoms with Crippen LogP contribution in [0.25, 0.3) is 0 Å². The molecule has 2 aliphatic heterocycles. The van der Waals surface area contributed by atoms with E-state index in [-0.39, 0.29) is 28.8 Å². The second-order valence-corrected chi connectivity index (χ2v) is 6.96. The lowest BCUT2D eigenvalue weighted by Crippen LogP contribution is -2.48. The van der Waals surface area contributed by atoms with Crippen molar-refractivity contribution >= 4 is 29.1 Å². The fourth-order valence-electron chi connectivity index (χ4n) is 3.82. The number of anilines is 1. The molecule has 0 saturated heterocycles. The lowest BCUT2D eigenvalue weighted by molar-refractivity contribution is -0.384. The highest BCUT2D eigenvalue weighted by atomic mass is 16.6. The van der Waals surface area contributed by atoms with E-state index in [1.807, 2.05) is 31.2 Å². The third-order valence-corrected chi connectivity index (χ3v) is 5.25. The predicted octanol–water partition coefficient (Wildman–Crippen LogP) is 2.56. The normalized spacial score (nSPS) is 18.1. The van der Waals surface area contributed by atoms with Crippen LogP contribution in [0.1, 0.15) is 39.6 Å². The average Bonchev–Trinajstić information content (AvgIpc) is 2.92. The average molecular weight is 379 g/mol. The zero-order valence-electron chi connectivity index (χ0n) is 15.1. The van der Waals surface area contributed by atoms with Crippen molar-refractivity contribution in [2.75, 3.05) is 11.4 Å². The Hall–Kier alpha value is -3.55. The molecule has 1 atom stereocenters. The number of para-hydroxylation sites is 1. The summed E-state index contributed by atoms with van der Waals surface area (Å²) in [5.41, 5.74) is 1.60. The predicted molar refractivity (Wildman–Crippen MR) is 100 cm³/mol. The number of benzene rings is 2. The smallest absolute Gasteiger partial charge is 0.270 e. The van der Waals surface area contributed by atoms with E-state index in [9.17, 15) is 24.5 Å². The topological polar surface area (TPSA) is 101 Å². The van der Waals surface area contributed by atoms with Crippen LogP contribution in [0.2, 0.25) is 0 Å². The molecule has 8 nitrogen and oxygen atoms in total. The van der Waals surface area contributed by atoms with Crippen LogP contribution in [0.5, 0.6) is 0 Å². The molecule has 0 N–H and O–H groups in total. The van der Waals surface area contributed by atoms with Crippen LogP contribution in [0.15, 0.2) is 42.5 Å². The number of hydrogen-bond donors (Lipinski definition) is 0. The van der Waals surface area contributed by atoms with Crippen LogP contribution in [0.3, 0.4) is 0 Å². The van der Waals surface area contributed by atoms with Crippen molar-refractivity contribution in [3.05, 3.63) is 69.3 Å². The molecule has 28 heavy (non-hydrogen) atoms. The molecule has 2 aromatic carbocycles. The molecule has 0 saturated carbocycles. The summed E-state index contributed by atoms with van der Waals surface area (Å²) in [5, 5.41) is 10.9. The number of imide groups is 1. The summed E-state index contributed by atoms with van der Waals surface area (Å²) >= 11 is 0. The quantitative estimate of drug-likeness (QED) is 0.463. The summed E-state index contributed by atoms with van der Waals surface area (Å²) in [6.07, 6.45) is 1.65. The molecule has 0 radical (unpaired) electrons. The first-order valence-corrected chi connectivity index (χ1v) is 8.93. The molecule has 2 aliphatic rings. The fourth-order valence-corrected chi connectivity index (χ4v) is 3.82. The molecular weight excluding hydrogens is 362 g/mol. The molecule has 2 heterocycles. The van der Waals surface area contributed by atoms with E-state index in [4.69, 9.17) is 0 Å². The number of nitro groups is 1. The van der Waals surface area contributed by atoms with Gasteiger partial charge in [0.05, 0.1) is 16.1 Å². The highest BCUT2D eigenvalue weighted by Crippen LogP contribution is 2.32. The van der Waals surface area contributed by atoms with Crippen LogP contribution in [-0.4, -0.2) is 40.1 Å². The summed E-state index contributed by atoms with van der Waals surface area (Å²) in [7, 11) is 0. The molecule has 0 unspecified atom stereocenters. The number of aryl methyl sites for hydroxylation is 1. The summed E-state index contributed by atoms with van der Waals surface area (Å²) in [4.78, 5) is 51.1. The van der Waals surface area contributed by atoms with Crippen molar-refractivity contribution < 1.29 is 19.3 Å². The molecule has 2 aromatic rings. The maximum atomic E-state index is 13.0. The minimum absolute atomic E-state index is 0.0425. The number of carbonyl (C=O) groups is 3. The van der Waals surface area contributed by atoms with Crippen LogP contribution in [0.4, 0.5) is 11.4 Å². The van der Waals surface area contributed by atoms with Gasteiger partial charge in [-0.25, -0.2) is 0 Å². The molecule has 8 heteroatoms. The van der Waals surface area contributed by atoms with Crippen molar-refractivity contribution in [2.24, 2.45) is 0 Å². The fraction of sp³-hybridized carbons (Fsp3) is 0.250. The second kappa shape index (κ2) is 6.56. The molecule has 0 spiro atoms. The van der Waals surface area contributed by atoms with E-state index in [1.165, 1.54) is 12.1 Å². The Kier molecular flexibility index (Phi) is 4.18. The Bertz CT molecular complexity index is 1030. The van der Waals surface area contributed by atoms with Gasteiger partial charge in [-0.1, -0.05) is 18.2 Å². The summed E-state index contributed by atoms with van der Waals surface area (Å²) in [6, 6.07) is 11.0. The SMILES string of the molecule is C[C@@H]1CCc2ccccc2N1C(=O)CN1C(=O)c2ccc([N+](=O)[O-])cc2C1=O. The van der Waals surface area contributed by atoms with Gasteiger partial charge in [-0.05, 0) is 37.5 Å². The van der Waals surface area contributed by atoms with Gasteiger partial charge in [-0.3, -0.25) is 29.4 Å². The zero-order chi connectivity index (χ0) is 20.0. The first-order valence-electron chi connectivity index (χ1n) is 8.93. The maximum Gasteiger partial charge on any atom is 0.270 e. The molecule has 0 bridgehead atoms. The molecule has 142 valence electrons. The van der Waals surface area contributed by atoms with E-state index < -0.39 is 23.3 Å². The third-order valence-electron chi connectivity index (χ3n) is 5.25. The molecule has 3 amide bonds. The van der Waals surface area contributed by atoms with Crippen molar-refractivity contribution in [1.29, 1.82) is 0 Å². The molecule has 0 aliphatic carbocycles. The van der Waals surface area contributed by atoms with Crippen LogP contribution >= 0.6 is 0 Å². The lowest BCUT2D eigenvalue weighted by Gasteiger charge is -2.36. The monoisotopic (exact) mass is 379 g/mol. The van der Waals surface area contributed by atoms with Gasteiger partial charge in [0.1, 0.15) is 6.54 Å². The first kappa shape index (κ1) is 17.8. The van der Waals surface area contributed by atoms with Gasteiger partial charge in [0.25, 0.3) is 17.5 Å². The summed E-state index contributed by atoms with van der Waals surface area (Å²) < 4.78 is 0. The standard InChI is InChI=1S/C20H17N3O5/c1-12-6-7-13-4-2-3-5-17(13)22(12)18(24)11-21-19(25)15-9-8-14(23(27)28)10-16(15)20(21)26/h2-5,8-10,12H,6-7,11H2,1H3/t12-/m1/s1. The number of nitro benzene ring substituents is 1. The minimum atomic E-state index is -0.685. The lowest BCUT2D eigenvalue weighted by atomic mass is 9.96. The minimum Gasteiger partial charge on any atom is -0.308 e. The summed E-state index contributed by atoms with van der Waals surface area (Å²) in [5.74, 6) is -1.65. The van der Waals surface area contributed by atoms with Gasteiger partial charge in [0.2, 0.25) is 5.91 Å². The van der Waals surface area contributed by atoms with Gasteiger partial charge >= 0.3 is 0 Å². The number of carbonyl (C=O) groups excluding carboxylic acids is 3. The Morgan fingerprint density at radius 3 is 2.61 bits per heavy atom. The van der Waals surface area contributed by atoms with E-state index in [0.717, 1.165) is 35.1 Å². The number of nitrogens with zero attached hydrogens (tertiary/aromatic N) is 3. The van der Waals surface area contributed by atoms with E-state index in [0.29, 0.717) is 0 Å². The number of amides is 3. The van der Waals surface area contributed by atoms with Gasteiger partial charge in [0.15, 0.2) is 0 Å². The molecular formula is C20H17N3O5. The van der Waals surface area contributed by atoms with Crippen LogP contribution in [0, 0.1) is 10.1 Å².